The number of aliphatic hydroxyl groups excluding tert-OH is 2. The summed E-state index contributed by atoms with van der Waals surface area (Å²) in [6, 6.07) is 0. The third-order valence-electron chi connectivity index (χ3n) is 41.2. The van der Waals surface area contributed by atoms with Gasteiger partial charge >= 0.3 is 5.97 Å². The van der Waals surface area contributed by atoms with Gasteiger partial charge in [0, 0.05) is 81.9 Å². The molecule has 8 saturated carbocycles. The molecule has 0 heterocycles. The van der Waals surface area contributed by atoms with Gasteiger partial charge in [-0.3, -0.25) is 4.79 Å². The SMILES string of the molecule is CCOC(=O)CCCC(C)(CCO[Si](C)(C)C(C)(C)C)C1CCC2[C@@H](O[Si](C)(C)C(C)(C)C)CCC[C@@]21C.[2H]C([2H])([2H])C(O)(CCCC(C)(CCO[Si](C)(C)C(C)(C)C)C1CCC2[C@@H](O[Si](C)(C)C(C)(C)C)CCC[C@@]21C)C([2H])([2H])[2H].[2H]C([2H])([2H])C(O)(CCC[C@@](C)(CCO)C1CCC2[C@@H](O[Si](C)(C)C(C)(C)C)CCC[C@@]21C)C([2H])([2H])[2H].[2H]C([2H])([2H])C(O)(CCC[C@](C)(CCO)C1CCC2[C@@H](O[Si](C)(C)C(C)(C)C)CCC[C@@]21C)C([2H])([2H])[2H]. The van der Waals surface area contributed by atoms with Gasteiger partial charge in [-0.05, 0) is 427 Å². The summed E-state index contributed by atoms with van der Waals surface area (Å²) in [6.07, 6.45) is 31.2. The van der Waals surface area contributed by atoms with Crippen LogP contribution in [0.3, 0.4) is 0 Å². The normalized spacial score (nSPS) is 33.3. The molecule has 19 heteroatoms. The van der Waals surface area contributed by atoms with Crippen molar-refractivity contribution in [1.82, 2.24) is 0 Å². The van der Waals surface area contributed by atoms with Crippen molar-refractivity contribution in [3.05, 3.63) is 0 Å². The van der Waals surface area contributed by atoms with Gasteiger partial charge in [0.05, 0.1) is 23.4 Å². The Morgan fingerprint density at radius 3 is 0.726 bits per heavy atom. The third-order valence-corrected chi connectivity index (χ3v) is 68.3. The van der Waals surface area contributed by atoms with E-state index in [0.29, 0.717) is 117 Å². The van der Waals surface area contributed by atoms with E-state index in [9.17, 15) is 30.3 Å². The van der Waals surface area contributed by atoms with Crippen molar-refractivity contribution < 1.29 is 86.3 Å². The zero-order chi connectivity index (χ0) is 119. The molecule has 0 radical (unpaired) electrons. The quantitative estimate of drug-likeness (QED) is 0.0288. The molecule has 0 spiro atoms. The summed E-state index contributed by atoms with van der Waals surface area (Å²) in [6.45, 7) is 74.4. The van der Waals surface area contributed by atoms with E-state index in [1.807, 2.05) is 6.92 Å². The Balaban J connectivity index is 0.000000359. The average Bonchev–Trinajstić information content (AvgIpc) is 1.59. The van der Waals surface area contributed by atoms with E-state index in [4.69, 9.17) is 56.0 Å². The Morgan fingerprint density at radius 1 is 0.311 bits per heavy atom. The molecule has 8 rings (SSSR count). The van der Waals surface area contributed by atoms with Crippen molar-refractivity contribution in [2.45, 2.75) is 609 Å². The van der Waals surface area contributed by atoms with Gasteiger partial charge in [0.15, 0.2) is 49.9 Å². The Hall–Kier alpha value is 0.331. The summed E-state index contributed by atoms with van der Waals surface area (Å²) in [5.74, 6) is 3.62. The number of fused-ring (bicyclic) bond motifs is 4. The highest BCUT2D eigenvalue weighted by atomic mass is 28.4. The van der Waals surface area contributed by atoms with E-state index < -0.39 is 108 Å². The summed E-state index contributed by atoms with van der Waals surface area (Å²) < 4.78 is 186. The Kier molecular flexibility index (Phi) is 34.4. The zero-order valence-corrected chi connectivity index (χ0v) is 101. The van der Waals surface area contributed by atoms with Gasteiger partial charge in [-0.2, -0.15) is 0 Å². The fourth-order valence-corrected chi connectivity index (χ4v) is 34.5. The van der Waals surface area contributed by atoms with Crippen molar-refractivity contribution in [1.29, 1.82) is 0 Å². The molecule has 0 aromatic rings. The maximum atomic E-state index is 12.2. The fraction of sp³-hybridized carbons (Fsp3) is 0.991. The summed E-state index contributed by atoms with van der Waals surface area (Å²) >= 11 is 0. The van der Waals surface area contributed by atoms with E-state index in [2.05, 4.69) is 259 Å². The summed E-state index contributed by atoms with van der Waals surface area (Å²) in [5.41, 5.74) is -8.27. The minimum absolute atomic E-state index is 0.0282. The first-order valence-electron chi connectivity index (χ1n) is 63.8. The van der Waals surface area contributed by atoms with E-state index >= 15 is 0 Å². The van der Waals surface area contributed by atoms with Gasteiger partial charge in [0.25, 0.3) is 0 Å². The molecule has 0 amide bonds. The molecule has 800 valence electrons. The number of carbonyl (C=O) groups is 1. The second-order valence-corrected chi connectivity index (χ2v) is 85.9. The summed E-state index contributed by atoms with van der Waals surface area (Å²) in [4.78, 5) is 12.2. The molecular weight excluding hydrogens is 1770 g/mol. The molecule has 0 aliphatic heterocycles. The number of hydrogen-bond acceptors (Lipinski definition) is 13. The van der Waals surface area contributed by atoms with E-state index in [0.717, 1.165) is 129 Å². The largest absolute Gasteiger partial charge is 0.466 e. The Labute approximate surface area is 870 Å². The minimum Gasteiger partial charge on any atom is -0.466 e. The Morgan fingerprint density at radius 2 is 0.526 bits per heavy atom. The predicted molar refractivity (Wildman–Crippen MR) is 593 cm³/mol. The molecule has 8 fully saturated rings. The van der Waals surface area contributed by atoms with Gasteiger partial charge in [0.1, 0.15) is 0 Å². The van der Waals surface area contributed by atoms with E-state index in [-0.39, 0.29) is 138 Å². The van der Waals surface area contributed by atoms with Gasteiger partial charge in [-0.1, -0.05) is 225 Å². The lowest BCUT2D eigenvalue weighted by Gasteiger charge is -2.53. The first-order chi connectivity index (χ1) is 68.3. The number of aliphatic hydroxyl groups is 5. The van der Waals surface area contributed by atoms with Crippen LogP contribution < -0.4 is 0 Å². The van der Waals surface area contributed by atoms with Crippen molar-refractivity contribution in [3.8, 4) is 0 Å². The molecule has 10 unspecified atom stereocenters. The molecule has 0 saturated heterocycles. The van der Waals surface area contributed by atoms with Crippen LogP contribution in [0.1, 0.15) is 484 Å². The van der Waals surface area contributed by atoms with Crippen LogP contribution >= 0.6 is 0 Å². The number of ether oxygens (including phenoxy) is 1. The molecule has 0 bridgehead atoms. The molecule has 5 N–H and O–H groups in total. The third kappa shape index (κ3) is 32.7. The van der Waals surface area contributed by atoms with Crippen LogP contribution in [0.5, 0.6) is 0 Å². The van der Waals surface area contributed by atoms with E-state index in [1.165, 1.54) is 32.1 Å². The highest BCUT2D eigenvalue weighted by Gasteiger charge is 2.64. The van der Waals surface area contributed by atoms with Crippen LogP contribution in [-0.2, 0) is 36.1 Å². The van der Waals surface area contributed by atoms with E-state index in [1.54, 1.807) is 0 Å². The van der Waals surface area contributed by atoms with Gasteiger partial charge in [-0.15, -0.1) is 0 Å². The lowest BCUT2D eigenvalue weighted by atomic mass is 9.56. The highest BCUT2D eigenvalue weighted by Crippen LogP contribution is 2.69. The summed E-state index contributed by atoms with van der Waals surface area (Å²) in [5, 5.41) is 53.5. The average molecular weight is 2020 g/mol. The smallest absolute Gasteiger partial charge is 0.305 e. The number of carbonyl (C=O) groups excluding carboxylic acids is 1. The number of hydrogen-bond donors (Lipinski definition) is 5. The van der Waals surface area contributed by atoms with Crippen LogP contribution in [0.15, 0.2) is 0 Å². The van der Waals surface area contributed by atoms with Crippen LogP contribution in [0.25, 0.3) is 0 Å². The molecule has 13 nitrogen and oxygen atoms in total. The maximum Gasteiger partial charge on any atom is 0.305 e. The Bertz CT molecular complexity index is 4110. The lowest BCUT2D eigenvalue weighted by molar-refractivity contribution is -0.143. The monoisotopic (exact) mass is 2020 g/mol. The second kappa shape index (κ2) is 47.0. The molecule has 0 aromatic carbocycles. The van der Waals surface area contributed by atoms with Crippen LogP contribution in [0, 0.1) is 90.7 Å². The van der Waals surface area contributed by atoms with Crippen molar-refractivity contribution in [3.63, 3.8) is 0 Å². The van der Waals surface area contributed by atoms with Crippen LogP contribution in [0.4, 0.5) is 0 Å². The standard InChI is InChI=1S/C32H64O4Si2.C32H66O3Si2.2C26H52O3Si/c1-14-34-28(33)18-16-21-31(8,23-24-35-37(10,11)29(2,3)4)27-20-19-25-26(17-15-22-32(25,27)9)36-38(12,13)30(5,6)7;1-28(2,3)36(11,12)34-24-23-31(9,21-16-20-30(7,8)33)27-19-18-25-26(17-15-22-32(25,27)10)35-37(13,14)29(4,5)6;2*1-23(2,3)30(8,9)29-21-12-10-17-26(7)20(21)13-14-22(26)25(6,18-19-27)16-11-15-24(4,5)28/h25-27H,14-24H2,1-13H3;25-27,33H,15-24H2,1-14H3;2*20-22,27-28H,10-19H2,1-9H3/t2*25?,26-,27?,31?,32-;20?,21-,22?,25+,26-;20?,21-,22?,25-,26-/m0000/s1/i;7D3,8D3;2*4D3,5D3. The van der Waals surface area contributed by atoms with Crippen molar-refractivity contribution >= 4 is 55.9 Å². The van der Waals surface area contributed by atoms with Crippen molar-refractivity contribution in [2.75, 3.05) is 33.0 Å². The van der Waals surface area contributed by atoms with Gasteiger partial charge in [-0.25, -0.2) is 0 Å². The first kappa shape index (κ1) is 98.7. The zero-order valence-electron chi connectivity index (χ0n) is 113. The summed E-state index contributed by atoms with van der Waals surface area (Å²) in [7, 11) is -11.4. The van der Waals surface area contributed by atoms with Crippen LogP contribution in [0.2, 0.25) is 109 Å². The number of esters is 1. The van der Waals surface area contributed by atoms with Crippen LogP contribution in [-0.4, -0.2) is 156 Å². The predicted octanol–water partition coefficient (Wildman–Crippen LogP) is 33.5. The fourth-order valence-electron chi connectivity index (χ4n) is 26.9. The molecule has 0 aromatic heterocycles. The second-order valence-electron chi connectivity index (χ2n) is 57.3. The topological polar surface area (TPSA) is 183 Å². The number of rotatable bonds is 41. The van der Waals surface area contributed by atoms with Crippen molar-refractivity contribution in [2.24, 2.45) is 90.7 Å². The van der Waals surface area contributed by atoms with Gasteiger partial charge < -0.3 is 56.8 Å². The lowest BCUT2D eigenvalue weighted by Crippen LogP contribution is -2.51. The molecule has 135 heavy (non-hydrogen) atoms. The maximum absolute atomic E-state index is 12.2. The molecular formula is C116H234O13Si6. The minimum atomic E-state index is -2.99. The molecule has 20 atom stereocenters. The molecule has 8 aliphatic carbocycles. The molecule has 8 aliphatic rings. The first-order valence-corrected chi connectivity index (χ1v) is 72.3. The van der Waals surface area contributed by atoms with Gasteiger partial charge in [0.2, 0.25) is 0 Å². The highest BCUT2D eigenvalue weighted by molar-refractivity contribution is 6.76.